The number of nitrogens with one attached hydrogen (secondary N) is 2. The van der Waals surface area contributed by atoms with Crippen molar-refractivity contribution in [3.05, 3.63) is 65.2 Å². The summed E-state index contributed by atoms with van der Waals surface area (Å²) in [5.74, 6) is 0.00426. The maximum absolute atomic E-state index is 12.6. The van der Waals surface area contributed by atoms with Gasteiger partial charge < -0.3 is 15.5 Å². The second kappa shape index (κ2) is 9.09. The van der Waals surface area contributed by atoms with Gasteiger partial charge in [0.05, 0.1) is 6.54 Å². The highest BCUT2D eigenvalue weighted by atomic mass is 16.2. The molecular formula is C23H28N4O2. The van der Waals surface area contributed by atoms with E-state index in [0.717, 1.165) is 37.4 Å². The van der Waals surface area contributed by atoms with Crippen LogP contribution in [0.3, 0.4) is 0 Å². The van der Waals surface area contributed by atoms with Gasteiger partial charge in [0.15, 0.2) is 0 Å². The number of hydrogen-bond acceptors (Lipinski definition) is 4. The Balaban J connectivity index is 1.31. The topological polar surface area (TPSA) is 64.7 Å². The largest absolute Gasteiger partial charge is 0.360 e. The molecule has 2 aromatic rings. The Morgan fingerprint density at radius 1 is 1.00 bits per heavy atom. The van der Waals surface area contributed by atoms with Crippen molar-refractivity contribution >= 4 is 17.5 Å². The zero-order valence-electron chi connectivity index (χ0n) is 16.7. The van der Waals surface area contributed by atoms with Crippen LogP contribution in [0.25, 0.3) is 0 Å². The predicted molar refractivity (Wildman–Crippen MR) is 114 cm³/mol. The lowest BCUT2D eigenvalue weighted by atomic mass is 10.1. The molecule has 2 saturated heterocycles. The Bertz CT molecular complexity index is 859. The van der Waals surface area contributed by atoms with Gasteiger partial charge in [-0.25, -0.2) is 0 Å². The zero-order valence-corrected chi connectivity index (χ0v) is 16.7. The molecule has 2 aromatic carbocycles. The summed E-state index contributed by atoms with van der Waals surface area (Å²) in [4.78, 5) is 28.6. The van der Waals surface area contributed by atoms with Crippen molar-refractivity contribution in [3.63, 3.8) is 0 Å². The van der Waals surface area contributed by atoms with Crippen LogP contribution in [0.1, 0.15) is 34.3 Å². The van der Waals surface area contributed by atoms with Gasteiger partial charge in [0.1, 0.15) is 0 Å². The molecule has 2 fully saturated rings. The molecule has 0 bridgehead atoms. The molecule has 0 unspecified atom stereocenters. The van der Waals surface area contributed by atoms with E-state index in [1.165, 1.54) is 18.4 Å². The number of carbonyl (C=O) groups is 2. The fourth-order valence-corrected chi connectivity index (χ4v) is 3.98. The van der Waals surface area contributed by atoms with Crippen molar-refractivity contribution in [1.29, 1.82) is 0 Å². The molecule has 2 heterocycles. The number of benzene rings is 2. The first kappa shape index (κ1) is 19.5. The Hall–Kier alpha value is -2.86. The predicted octanol–water partition coefficient (Wildman–Crippen LogP) is 2.15. The molecular weight excluding hydrogens is 364 g/mol. The van der Waals surface area contributed by atoms with Crippen molar-refractivity contribution in [2.75, 3.05) is 37.6 Å². The number of carbonyl (C=O) groups excluding carboxylic acids is 2. The lowest BCUT2D eigenvalue weighted by Gasteiger charge is -2.28. The SMILES string of the molecule is O=C1CN(c2ccc(CNC(=O)c3cccc(CN4CCCC4)c3)cc2)CCN1. The highest BCUT2D eigenvalue weighted by molar-refractivity contribution is 5.94. The molecule has 4 rings (SSSR count). The summed E-state index contributed by atoms with van der Waals surface area (Å²) in [5.41, 5.74) is 3.97. The first-order valence-electron chi connectivity index (χ1n) is 10.4. The van der Waals surface area contributed by atoms with Gasteiger partial charge in [0, 0.05) is 37.4 Å². The molecule has 0 aromatic heterocycles. The van der Waals surface area contributed by atoms with Gasteiger partial charge in [-0.05, 0) is 61.3 Å². The van der Waals surface area contributed by atoms with Crippen LogP contribution < -0.4 is 15.5 Å². The fourth-order valence-electron chi connectivity index (χ4n) is 3.98. The van der Waals surface area contributed by atoms with E-state index in [9.17, 15) is 9.59 Å². The minimum Gasteiger partial charge on any atom is -0.360 e. The van der Waals surface area contributed by atoms with Crippen LogP contribution in [0, 0.1) is 0 Å². The van der Waals surface area contributed by atoms with E-state index >= 15 is 0 Å². The van der Waals surface area contributed by atoms with Gasteiger partial charge in [-0.3, -0.25) is 14.5 Å². The average molecular weight is 393 g/mol. The zero-order chi connectivity index (χ0) is 20.1. The third-order valence-electron chi connectivity index (χ3n) is 5.59. The van der Waals surface area contributed by atoms with E-state index in [1.807, 2.05) is 42.5 Å². The van der Waals surface area contributed by atoms with Crippen LogP contribution in [0.15, 0.2) is 48.5 Å². The molecule has 0 aliphatic carbocycles. The van der Waals surface area contributed by atoms with Gasteiger partial charge in [-0.15, -0.1) is 0 Å². The van der Waals surface area contributed by atoms with Gasteiger partial charge in [0.2, 0.25) is 5.91 Å². The second-order valence-electron chi connectivity index (χ2n) is 7.80. The molecule has 0 atom stereocenters. The maximum atomic E-state index is 12.6. The summed E-state index contributed by atoms with van der Waals surface area (Å²) in [6.07, 6.45) is 2.54. The smallest absolute Gasteiger partial charge is 0.251 e. The van der Waals surface area contributed by atoms with Crippen LogP contribution in [0.2, 0.25) is 0 Å². The summed E-state index contributed by atoms with van der Waals surface area (Å²) in [7, 11) is 0. The Kier molecular flexibility index (Phi) is 6.10. The Labute approximate surface area is 171 Å². The van der Waals surface area contributed by atoms with Crippen LogP contribution in [-0.4, -0.2) is 49.4 Å². The van der Waals surface area contributed by atoms with Crippen LogP contribution >= 0.6 is 0 Å². The minimum atomic E-state index is -0.0509. The van der Waals surface area contributed by atoms with Crippen molar-refractivity contribution in [3.8, 4) is 0 Å². The highest BCUT2D eigenvalue weighted by Gasteiger charge is 2.16. The highest BCUT2D eigenvalue weighted by Crippen LogP contribution is 2.17. The molecule has 2 N–H and O–H groups in total. The average Bonchev–Trinajstić information content (AvgIpc) is 3.25. The third-order valence-corrected chi connectivity index (χ3v) is 5.59. The second-order valence-corrected chi connectivity index (χ2v) is 7.80. The number of amides is 2. The van der Waals surface area contributed by atoms with Gasteiger partial charge in [-0.1, -0.05) is 24.3 Å². The number of nitrogens with zero attached hydrogens (tertiary/aromatic N) is 2. The monoisotopic (exact) mass is 392 g/mol. The number of likely N-dealkylation sites (tertiary alicyclic amines) is 1. The first-order valence-corrected chi connectivity index (χ1v) is 10.4. The maximum Gasteiger partial charge on any atom is 0.251 e. The van der Waals surface area contributed by atoms with E-state index in [2.05, 4.69) is 26.5 Å². The molecule has 6 heteroatoms. The summed E-state index contributed by atoms with van der Waals surface area (Å²) < 4.78 is 0. The molecule has 0 spiro atoms. The lowest BCUT2D eigenvalue weighted by Crippen LogP contribution is -2.47. The number of hydrogen-bond donors (Lipinski definition) is 2. The van der Waals surface area contributed by atoms with Crippen LogP contribution in [-0.2, 0) is 17.9 Å². The summed E-state index contributed by atoms with van der Waals surface area (Å²) in [5, 5.41) is 5.85. The molecule has 2 aliphatic heterocycles. The molecule has 2 amide bonds. The third kappa shape index (κ3) is 5.15. The van der Waals surface area contributed by atoms with E-state index in [4.69, 9.17) is 0 Å². The van der Waals surface area contributed by atoms with E-state index in [0.29, 0.717) is 25.2 Å². The van der Waals surface area contributed by atoms with E-state index in [1.54, 1.807) is 0 Å². The van der Waals surface area contributed by atoms with Crippen LogP contribution in [0.5, 0.6) is 0 Å². The van der Waals surface area contributed by atoms with Crippen LogP contribution in [0.4, 0.5) is 5.69 Å². The molecule has 2 aliphatic rings. The minimum absolute atomic E-state index is 0.0509. The number of anilines is 1. The van der Waals surface area contributed by atoms with E-state index in [-0.39, 0.29) is 11.8 Å². The normalized spacial score (nSPS) is 17.2. The van der Waals surface area contributed by atoms with Crippen molar-refractivity contribution < 1.29 is 9.59 Å². The van der Waals surface area contributed by atoms with Crippen molar-refractivity contribution in [1.82, 2.24) is 15.5 Å². The summed E-state index contributed by atoms with van der Waals surface area (Å²) >= 11 is 0. The van der Waals surface area contributed by atoms with Gasteiger partial charge in [-0.2, -0.15) is 0 Å². The number of rotatable bonds is 6. The fraction of sp³-hybridized carbons (Fsp3) is 0.391. The summed E-state index contributed by atoms with van der Waals surface area (Å²) in [6, 6.07) is 16.0. The van der Waals surface area contributed by atoms with Crippen molar-refractivity contribution in [2.45, 2.75) is 25.9 Å². The quantitative estimate of drug-likeness (QED) is 0.791. The van der Waals surface area contributed by atoms with E-state index < -0.39 is 0 Å². The molecule has 29 heavy (non-hydrogen) atoms. The Morgan fingerprint density at radius 2 is 1.79 bits per heavy atom. The molecule has 0 radical (unpaired) electrons. The Morgan fingerprint density at radius 3 is 2.55 bits per heavy atom. The van der Waals surface area contributed by atoms with Crippen molar-refractivity contribution in [2.24, 2.45) is 0 Å². The number of piperazine rings is 1. The summed E-state index contributed by atoms with van der Waals surface area (Å²) in [6.45, 7) is 5.57. The standard InChI is InChI=1S/C23H28N4O2/c28-22-17-27(13-10-24-22)21-8-6-18(7-9-21)15-25-23(29)20-5-3-4-19(14-20)16-26-11-1-2-12-26/h3-9,14H,1-2,10-13,15-17H2,(H,24,28)(H,25,29). The van der Waals surface area contributed by atoms with Gasteiger partial charge >= 0.3 is 0 Å². The molecule has 6 nitrogen and oxygen atoms in total. The molecule has 0 saturated carbocycles. The van der Waals surface area contributed by atoms with Gasteiger partial charge in [0.25, 0.3) is 5.91 Å². The molecule has 152 valence electrons. The lowest BCUT2D eigenvalue weighted by molar-refractivity contribution is -0.120. The first-order chi connectivity index (χ1) is 14.2.